The fourth-order valence-corrected chi connectivity index (χ4v) is 1.51. The number of hydrogen-bond donors (Lipinski definition) is 3. The Balaban J connectivity index is 2.20. The highest BCUT2D eigenvalue weighted by Gasteiger charge is 2.22. The number of quaternary nitrogens is 1. The van der Waals surface area contributed by atoms with Gasteiger partial charge in [0.1, 0.15) is 0 Å². The number of aliphatic hydroxyl groups excluding tert-OH is 1. The molecular weight excluding hydrogens is 156 g/mol. The van der Waals surface area contributed by atoms with Gasteiger partial charge in [-0.25, -0.2) is 0 Å². The van der Waals surface area contributed by atoms with E-state index in [9.17, 15) is 4.79 Å². The topological polar surface area (TPSA) is 65.9 Å². The van der Waals surface area contributed by atoms with E-state index in [0.29, 0.717) is 6.54 Å². The SMILES string of the molecule is O=C(NCCO)[C@@H]1CCC[NH2+]C1. The first-order valence-electron chi connectivity index (χ1n) is 4.55. The third-order valence-corrected chi connectivity index (χ3v) is 2.19. The summed E-state index contributed by atoms with van der Waals surface area (Å²) < 4.78 is 0. The molecule has 1 heterocycles. The summed E-state index contributed by atoms with van der Waals surface area (Å²) in [5.74, 6) is 0.255. The average molecular weight is 173 g/mol. The van der Waals surface area contributed by atoms with Gasteiger partial charge >= 0.3 is 0 Å². The second-order valence-electron chi connectivity index (χ2n) is 3.17. The number of rotatable bonds is 3. The van der Waals surface area contributed by atoms with Crippen LogP contribution in [-0.2, 0) is 4.79 Å². The lowest BCUT2D eigenvalue weighted by Gasteiger charge is -2.18. The number of piperidine rings is 1. The molecule has 0 aliphatic carbocycles. The van der Waals surface area contributed by atoms with E-state index in [1.807, 2.05) is 0 Å². The summed E-state index contributed by atoms with van der Waals surface area (Å²) in [4.78, 5) is 11.3. The summed E-state index contributed by atoms with van der Waals surface area (Å²) in [6.07, 6.45) is 2.12. The quantitative estimate of drug-likeness (QED) is 0.465. The van der Waals surface area contributed by atoms with Crippen molar-refractivity contribution in [1.82, 2.24) is 5.32 Å². The lowest BCUT2D eigenvalue weighted by Crippen LogP contribution is -2.87. The summed E-state index contributed by atoms with van der Waals surface area (Å²) in [7, 11) is 0. The highest BCUT2D eigenvalue weighted by Crippen LogP contribution is 2.05. The summed E-state index contributed by atoms with van der Waals surface area (Å²) in [5.41, 5.74) is 0. The predicted molar refractivity (Wildman–Crippen MR) is 44.5 cm³/mol. The minimum atomic E-state index is 0.0299. The molecule has 0 aromatic rings. The summed E-state index contributed by atoms with van der Waals surface area (Å²) in [6, 6.07) is 0. The molecule has 0 aromatic carbocycles. The molecule has 1 fully saturated rings. The summed E-state index contributed by atoms with van der Waals surface area (Å²) in [5, 5.41) is 13.4. The van der Waals surface area contributed by atoms with E-state index >= 15 is 0 Å². The molecule has 0 aromatic heterocycles. The van der Waals surface area contributed by atoms with Gasteiger partial charge in [-0.2, -0.15) is 0 Å². The Morgan fingerprint density at radius 2 is 2.50 bits per heavy atom. The van der Waals surface area contributed by atoms with Crippen LogP contribution in [0.25, 0.3) is 0 Å². The van der Waals surface area contributed by atoms with Crippen LogP contribution in [0.2, 0.25) is 0 Å². The van der Waals surface area contributed by atoms with E-state index in [4.69, 9.17) is 5.11 Å². The number of carbonyl (C=O) groups is 1. The van der Waals surface area contributed by atoms with Crippen LogP contribution in [0, 0.1) is 5.92 Å². The highest BCUT2D eigenvalue weighted by molar-refractivity contribution is 5.78. The number of aliphatic hydroxyl groups is 1. The number of nitrogens with two attached hydrogens (primary N) is 1. The molecule has 4 N–H and O–H groups in total. The van der Waals surface area contributed by atoms with Crippen LogP contribution in [0.3, 0.4) is 0 Å². The molecule has 70 valence electrons. The van der Waals surface area contributed by atoms with Crippen molar-refractivity contribution in [2.75, 3.05) is 26.2 Å². The average Bonchev–Trinajstić information content (AvgIpc) is 2.15. The molecule has 1 aliphatic heterocycles. The molecule has 4 nitrogen and oxygen atoms in total. The minimum absolute atomic E-state index is 0.0299. The van der Waals surface area contributed by atoms with Crippen LogP contribution in [0.15, 0.2) is 0 Å². The second-order valence-corrected chi connectivity index (χ2v) is 3.17. The fraction of sp³-hybridized carbons (Fsp3) is 0.875. The van der Waals surface area contributed by atoms with E-state index in [1.54, 1.807) is 0 Å². The lowest BCUT2D eigenvalue weighted by molar-refractivity contribution is -0.666. The predicted octanol–water partition coefficient (Wildman–Crippen LogP) is -1.93. The largest absolute Gasteiger partial charge is 0.395 e. The van der Waals surface area contributed by atoms with Crippen LogP contribution in [0.1, 0.15) is 12.8 Å². The maximum Gasteiger partial charge on any atom is 0.228 e. The summed E-state index contributed by atoms with van der Waals surface area (Å²) >= 11 is 0. The van der Waals surface area contributed by atoms with Crippen molar-refractivity contribution >= 4 is 5.91 Å². The Hall–Kier alpha value is -0.610. The van der Waals surface area contributed by atoms with E-state index in [2.05, 4.69) is 10.6 Å². The maximum absolute atomic E-state index is 11.3. The van der Waals surface area contributed by atoms with Crippen molar-refractivity contribution in [2.24, 2.45) is 5.92 Å². The zero-order valence-electron chi connectivity index (χ0n) is 7.25. The van der Waals surface area contributed by atoms with Crippen molar-refractivity contribution in [2.45, 2.75) is 12.8 Å². The smallest absolute Gasteiger partial charge is 0.228 e. The molecule has 0 saturated carbocycles. The van der Waals surface area contributed by atoms with Gasteiger partial charge < -0.3 is 15.7 Å². The van der Waals surface area contributed by atoms with Crippen molar-refractivity contribution in [3.05, 3.63) is 0 Å². The zero-order chi connectivity index (χ0) is 8.81. The minimum Gasteiger partial charge on any atom is -0.395 e. The normalized spacial score (nSPS) is 23.6. The van der Waals surface area contributed by atoms with Gasteiger partial charge in [0.05, 0.1) is 25.6 Å². The highest BCUT2D eigenvalue weighted by atomic mass is 16.3. The molecule has 0 radical (unpaired) electrons. The molecule has 1 saturated heterocycles. The number of nitrogens with one attached hydrogen (secondary N) is 1. The first kappa shape index (κ1) is 9.48. The second kappa shape index (κ2) is 5.11. The van der Waals surface area contributed by atoms with Crippen LogP contribution in [-0.4, -0.2) is 37.3 Å². The molecule has 0 spiro atoms. The standard InChI is InChI=1S/C8H16N2O2/c11-5-4-10-8(12)7-2-1-3-9-6-7/h7,9,11H,1-6H2,(H,10,12)/p+1/t7-/m1/s1. The Morgan fingerprint density at radius 1 is 1.67 bits per heavy atom. The van der Waals surface area contributed by atoms with Gasteiger partial charge in [0.2, 0.25) is 5.91 Å². The Labute approximate surface area is 72.3 Å². The molecule has 1 atom stereocenters. The molecular formula is C8H17N2O2+. The third kappa shape index (κ3) is 2.79. The van der Waals surface area contributed by atoms with Crippen LogP contribution in [0.5, 0.6) is 0 Å². The van der Waals surface area contributed by atoms with Crippen LogP contribution < -0.4 is 10.6 Å². The fourth-order valence-electron chi connectivity index (χ4n) is 1.51. The first-order valence-corrected chi connectivity index (χ1v) is 4.55. The number of amides is 1. The molecule has 4 heteroatoms. The zero-order valence-corrected chi connectivity index (χ0v) is 7.25. The van der Waals surface area contributed by atoms with Gasteiger partial charge in [-0.3, -0.25) is 4.79 Å². The summed E-state index contributed by atoms with van der Waals surface area (Å²) in [6.45, 7) is 2.46. The monoisotopic (exact) mass is 173 g/mol. The maximum atomic E-state index is 11.3. The van der Waals surface area contributed by atoms with Gasteiger partial charge in [-0.1, -0.05) is 0 Å². The van der Waals surface area contributed by atoms with E-state index in [-0.39, 0.29) is 18.4 Å². The van der Waals surface area contributed by atoms with Gasteiger partial charge in [0.25, 0.3) is 0 Å². The van der Waals surface area contributed by atoms with Crippen molar-refractivity contribution in [3.8, 4) is 0 Å². The Kier molecular flexibility index (Phi) is 4.04. The van der Waals surface area contributed by atoms with E-state index < -0.39 is 0 Å². The molecule has 12 heavy (non-hydrogen) atoms. The van der Waals surface area contributed by atoms with Crippen LogP contribution in [0.4, 0.5) is 0 Å². The molecule has 1 amide bonds. The Bertz CT molecular complexity index is 144. The van der Waals surface area contributed by atoms with Gasteiger partial charge in [-0.05, 0) is 12.8 Å². The van der Waals surface area contributed by atoms with Gasteiger partial charge in [-0.15, -0.1) is 0 Å². The first-order chi connectivity index (χ1) is 5.84. The molecule has 1 rings (SSSR count). The van der Waals surface area contributed by atoms with Gasteiger partial charge in [0, 0.05) is 6.54 Å². The van der Waals surface area contributed by atoms with E-state index in [0.717, 1.165) is 25.9 Å². The molecule has 1 aliphatic rings. The number of hydrogen-bond acceptors (Lipinski definition) is 2. The van der Waals surface area contributed by atoms with Gasteiger partial charge in [0.15, 0.2) is 0 Å². The molecule has 0 unspecified atom stereocenters. The Morgan fingerprint density at radius 3 is 3.08 bits per heavy atom. The lowest BCUT2D eigenvalue weighted by atomic mass is 9.99. The van der Waals surface area contributed by atoms with Crippen molar-refractivity contribution in [3.63, 3.8) is 0 Å². The molecule has 0 bridgehead atoms. The third-order valence-electron chi connectivity index (χ3n) is 2.19. The van der Waals surface area contributed by atoms with Crippen LogP contribution >= 0.6 is 0 Å². The van der Waals surface area contributed by atoms with Crippen molar-refractivity contribution in [1.29, 1.82) is 0 Å². The number of carbonyl (C=O) groups excluding carboxylic acids is 1. The van der Waals surface area contributed by atoms with Crippen molar-refractivity contribution < 1.29 is 15.2 Å². The van der Waals surface area contributed by atoms with E-state index in [1.165, 1.54) is 0 Å².